The molecule has 0 bridgehead atoms. The molecule has 0 aliphatic carbocycles. The number of benzene rings is 2. The lowest BCUT2D eigenvalue weighted by Crippen LogP contribution is -2.03. The number of anilines is 1. The van der Waals surface area contributed by atoms with Gasteiger partial charge in [0.25, 0.3) is 0 Å². The Balaban J connectivity index is 2.24. The van der Waals surface area contributed by atoms with Gasteiger partial charge in [-0.15, -0.1) is 0 Å². The van der Waals surface area contributed by atoms with Gasteiger partial charge in [0.15, 0.2) is 0 Å². The maximum Gasteiger partial charge on any atom is 0.123 e. The average Bonchev–Trinajstić information content (AvgIpc) is 2.46. The molecule has 0 unspecified atom stereocenters. The Bertz CT molecular complexity index is 729. The fourth-order valence-corrected chi connectivity index (χ4v) is 2.13. The molecule has 0 saturated heterocycles. The Hall–Kier alpha value is -2.37. The third kappa shape index (κ3) is 3.14. The summed E-state index contributed by atoms with van der Waals surface area (Å²) in [6.07, 6.45) is 0. The van der Waals surface area contributed by atoms with Crippen LogP contribution >= 0.6 is 15.9 Å². The molecule has 0 fully saturated rings. The van der Waals surface area contributed by atoms with E-state index < -0.39 is 5.82 Å². The minimum Gasteiger partial charge on any atom is -0.380 e. The topological polar surface area (TPSA) is 59.6 Å². The fourth-order valence-electron chi connectivity index (χ4n) is 1.77. The molecule has 2 rings (SSSR count). The second kappa shape index (κ2) is 6.18. The minimum absolute atomic E-state index is 0.275. The molecule has 5 heteroatoms. The van der Waals surface area contributed by atoms with Gasteiger partial charge < -0.3 is 5.32 Å². The SMILES string of the molecule is N#Cc1ccc(F)cc1CNc1ccc(Br)cc1C#N. The largest absolute Gasteiger partial charge is 0.380 e. The Morgan fingerprint density at radius 3 is 2.50 bits per heavy atom. The zero-order valence-electron chi connectivity index (χ0n) is 10.3. The smallest absolute Gasteiger partial charge is 0.123 e. The van der Waals surface area contributed by atoms with Crippen LogP contribution in [0, 0.1) is 28.5 Å². The summed E-state index contributed by atoms with van der Waals surface area (Å²) < 4.78 is 14.0. The van der Waals surface area contributed by atoms with Crippen LogP contribution < -0.4 is 5.32 Å². The van der Waals surface area contributed by atoms with E-state index in [1.165, 1.54) is 18.2 Å². The van der Waals surface area contributed by atoms with Crippen LogP contribution in [0.15, 0.2) is 40.9 Å². The normalized spacial score (nSPS) is 9.60. The highest BCUT2D eigenvalue weighted by Crippen LogP contribution is 2.21. The molecule has 0 heterocycles. The van der Waals surface area contributed by atoms with Crippen molar-refractivity contribution in [2.24, 2.45) is 0 Å². The van der Waals surface area contributed by atoms with Crippen LogP contribution in [-0.2, 0) is 6.54 Å². The zero-order chi connectivity index (χ0) is 14.5. The summed E-state index contributed by atoms with van der Waals surface area (Å²) in [5.41, 5.74) is 2.09. The van der Waals surface area contributed by atoms with Crippen molar-refractivity contribution in [1.29, 1.82) is 10.5 Å². The molecule has 20 heavy (non-hydrogen) atoms. The number of nitrogens with zero attached hydrogens (tertiary/aromatic N) is 2. The Kier molecular flexibility index (Phi) is 4.34. The number of nitriles is 2. The lowest BCUT2D eigenvalue weighted by atomic mass is 10.1. The molecule has 3 nitrogen and oxygen atoms in total. The van der Waals surface area contributed by atoms with E-state index in [-0.39, 0.29) is 6.54 Å². The Labute approximate surface area is 124 Å². The first-order valence-corrected chi connectivity index (χ1v) is 6.55. The lowest BCUT2D eigenvalue weighted by molar-refractivity contribution is 0.625. The van der Waals surface area contributed by atoms with E-state index >= 15 is 0 Å². The van der Waals surface area contributed by atoms with E-state index in [1.807, 2.05) is 6.07 Å². The van der Waals surface area contributed by atoms with E-state index in [0.717, 1.165) is 4.47 Å². The van der Waals surface area contributed by atoms with Crippen molar-refractivity contribution in [3.8, 4) is 12.1 Å². The summed E-state index contributed by atoms with van der Waals surface area (Å²) in [7, 11) is 0. The number of hydrogen-bond donors (Lipinski definition) is 1. The summed E-state index contributed by atoms with van der Waals surface area (Å²) in [6, 6.07) is 13.4. The van der Waals surface area contributed by atoms with Gasteiger partial charge in [-0.2, -0.15) is 10.5 Å². The molecule has 0 aliphatic heterocycles. The fraction of sp³-hybridized carbons (Fsp3) is 0.0667. The average molecular weight is 330 g/mol. The van der Waals surface area contributed by atoms with Crippen LogP contribution in [-0.4, -0.2) is 0 Å². The van der Waals surface area contributed by atoms with Gasteiger partial charge in [-0.1, -0.05) is 15.9 Å². The highest BCUT2D eigenvalue weighted by molar-refractivity contribution is 9.10. The number of halogens is 2. The standard InChI is InChI=1S/C15H9BrFN3/c16-13-2-4-15(11(5-13)8-19)20-9-12-6-14(17)3-1-10(12)7-18/h1-6,20H,9H2. The number of rotatable bonds is 3. The first-order valence-electron chi connectivity index (χ1n) is 5.76. The molecular weight excluding hydrogens is 321 g/mol. The summed E-state index contributed by atoms with van der Waals surface area (Å²) >= 11 is 3.29. The van der Waals surface area contributed by atoms with Crippen molar-refractivity contribution < 1.29 is 4.39 Å². The second-order valence-corrected chi connectivity index (χ2v) is 4.98. The molecule has 0 atom stereocenters. The van der Waals surface area contributed by atoms with Crippen LogP contribution in [0.5, 0.6) is 0 Å². The van der Waals surface area contributed by atoms with Gasteiger partial charge in [0.05, 0.1) is 22.9 Å². The van der Waals surface area contributed by atoms with Crippen molar-refractivity contribution in [1.82, 2.24) is 0 Å². The Morgan fingerprint density at radius 2 is 1.80 bits per heavy atom. The van der Waals surface area contributed by atoms with Crippen molar-refractivity contribution in [3.05, 3.63) is 63.4 Å². The molecule has 0 amide bonds. The number of nitrogens with one attached hydrogen (secondary N) is 1. The van der Waals surface area contributed by atoms with Gasteiger partial charge in [-0.05, 0) is 42.0 Å². The maximum atomic E-state index is 13.2. The summed E-state index contributed by atoms with van der Waals surface area (Å²) in [4.78, 5) is 0. The van der Waals surface area contributed by atoms with Gasteiger partial charge >= 0.3 is 0 Å². The molecule has 0 radical (unpaired) electrons. The zero-order valence-corrected chi connectivity index (χ0v) is 11.9. The quantitative estimate of drug-likeness (QED) is 0.927. The molecule has 98 valence electrons. The lowest BCUT2D eigenvalue weighted by Gasteiger charge is -2.10. The van der Waals surface area contributed by atoms with Gasteiger partial charge in [0, 0.05) is 11.0 Å². The highest BCUT2D eigenvalue weighted by atomic mass is 79.9. The maximum absolute atomic E-state index is 13.2. The van der Waals surface area contributed by atoms with Crippen molar-refractivity contribution in [2.45, 2.75) is 6.54 Å². The van der Waals surface area contributed by atoms with Crippen LogP contribution in [0.2, 0.25) is 0 Å². The first kappa shape index (κ1) is 14.0. The van der Waals surface area contributed by atoms with Crippen LogP contribution in [0.1, 0.15) is 16.7 Å². The van der Waals surface area contributed by atoms with Crippen molar-refractivity contribution in [3.63, 3.8) is 0 Å². The third-order valence-electron chi connectivity index (χ3n) is 2.76. The van der Waals surface area contributed by atoms with E-state index in [4.69, 9.17) is 10.5 Å². The first-order chi connectivity index (χ1) is 9.63. The van der Waals surface area contributed by atoms with E-state index in [0.29, 0.717) is 22.4 Å². The second-order valence-electron chi connectivity index (χ2n) is 4.07. The molecule has 0 aromatic heterocycles. The van der Waals surface area contributed by atoms with Gasteiger partial charge in [-0.25, -0.2) is 4.39 Å². The molecule has 1 N–H and O–H groups in total. The van der Waals surface area contributed by atoms with Crippen LogP contribution in [0.25, 0.3) is 0 Å². The van der Waals surface area contributed by atoms with Gasteiger partial charge in [-0.3, -0.25) is 0 Å². The minimum atomic E-state index is -0.392. The predicted molar refractivity (Wildman–Crippen MR) is 77.3 cm³/mol. The van der Waals surface area contributed by atoms with E-state index in [1.54, 1.807) is 18.2 Å². The molecular formula is C15H9BrFN3. The van der Waals surface area contributed by atoms with Crippen molar-refractivity contribution >= 4 is 21.6 Å². The molecule has 0 spiro atoms. The predicted octanol–water partition coefficient (Wildman–Crippen LogP) is 3.94. The summed E-state index contributed by atoms with van der Waals surface area (Å²) in [6.45, 7) is 0.275. The molecule has 2 aromatic rings. The van der Waals surface area contributed by atoms with E-state index in [9.17, 15) is 4.39 Å². The van der Waals surface area contributed by atoms with Gasteiger partial charge in [0.1, 0.15) is 11.9 Å². The van der Waals surface area contributed by atoms with Crippen LogP contribution in [0.3, 0.4) is 0 Å². The third-order valence-corrected chi connectivity index (χ3v) is 3.25. The summed E-state index contributed by atoms with van der Waals surface area (Å²) in [5, 5.41) is 21.1. The summed E-state index contributed by atoms with van der Waals surface area (Å²) in [5.74, 6) is -0.392. The monoisotopic (exact) mass is 329 g/mol. The number of hydrogen-bond acceptors (Lipinski definition) is 3. The molecule has 0 saturated carbocycles. The Morgan fingerprint density at radius 1 is 1.05 bits per heavy atom. The van der Waals surface area contributed by atoms with E-state index in [2.05, 4.69) is 27.3 Å². The molecule has 2 aromatic carbocycles. The molecule has 0 aliphatic rings. The highest BCUT2D eigenvalue weighted by Gasteiger charge is 2.06. The van der Waals surface area contributed by atoms with Crippen LogP contribution in [0.4, 0.5) is 10.1 Å². The van der Waals surface area contributed by atoms with Gasteiger partial charge in [0.2, 0.25) is 0 Å². The van der Waals surface area contributed by atoms with Crippen molar-refractivity contribution in [2.75, 3.05) is 5.32 Å².